The highest BCUT2D eigenvalue weighted by Gasteiger charge is 2.12. The van der Waals surface area contributed by atoms with E-state index in [-0.39, 0.29) is 12.2 Å². The van der Waals surface area contributed by atoms with E-state index in [9.17, 15) is 4.79 Å². The molecule has 5 aromatic rings. The van der Waals surface area contributed by atoms with Gasteiger partial charge >= 0.3 is 0 Å². The molecule has 0 radical (unpaired) electrons. The molecule has 2 aromatic heterocycles. The van der Waals surface area contributed by atoms with Gasteiger partial charge in [-0.3, -0.25) is 9.89 Å². The minimum atomic E-state index is -0.292. The maximum Gasteiger partial charge on any atom is 0.282 e. The van der Waals surface area contributed by atoms with E-state index in [0.717, 1.165) is 33.7 Å². The fourth-order valence-electron chi connectivity index (χ4n) is 3.77. The van der Waals surface area contributed by atoms with E-state index in [1.165, 1.54) is 4.68 Å². The first-order chi connectivity index (χ1) is 17.6. The van der Waals surface area contributed by atoms with Gasteiger partial charge in [-0.25, -0.2) is 4.98 Å². The Morgan fingerprint density at radius 2 is 1.78 bits per heavy atom. The maximum atomic E-state index is 13.3. The number of hydrogen-bond donors (Lipinski definition) is 1. The molecule has 2 heterocycles. The number of benzene rings is 3. The van der Waals surface area contributed by atoms with Crippen LogP contribution in [0.5, 0.6) is 0 Å². The van der Waals surface area contributed by atoms with Gasteiger partial charge in [-0.2, -0.15) is 14.9 Å². The third kappa shape index (κ3) is 4.83. The van der Waals surface area contributed by atoms with E-state index in [1.807, 2.05) is 74.5 Å². The SMILES string of the molecule is C/C(=N/OCc1nc2ccccc2c(=O)n1/N=C\c1cn[nH]c1-c1ccc(C)cc1)c1ccccc1. The van der Waals surface area contributed by atoms with Gasteiger partial charge in [0, 0.05) is 11.1 Å². The zero-order valence-corrected chi connectivity index (χ0v) is 19.9. The zero-order valence-electron chi connectivity index (χ0n) is 19.9. The van der Waals surface area contributed by atoms with Crippen LogP contribution in [0.1, 0.15) is 29.4 Å². The predicted octanol–water partition coefficient (Wildman–Crippen LogP) is 4.92. The molecule has 0 saturated heterocycles. The number of aromatic nitrogens is 4. The van der Waals surface area contributed by atoms with Crippen LogP contribution in [0.2, 0.25) is 0 Å². The van der Waals surface area contributed by atoms with Crippen molar-refractivity contribution in [1.82, 2.24) is 19.9 Å². The molecule has 0 unspecified atom stereocenters. The normalized spacial score (nSPS) is 11.9. The Hall–Kier alpha value is -4.85. The summed E-state index contributed by atoms with van der Waals surface area (Å²) in [6, 6.07) is 25.0. The molecule has 0 aliphatic carbocycles. The molecular formula is C28H24N6O2. The monoisotopic (exact) mass is 476 g/mol. The highest BCUT2D eigenvalue weighted by Crippen LogP contribution is 2.20. The summed E-state index contributed by atoms with van der Waals surface area (Å²) in [6.45, 7) is 3.87. The molecule has 0 fully saturated rings. The predicted molar refractivity (Wildman–Crippen MR) is 141 cm³/mol. The van der Waals surface area contributed by atoms with Crippen molar-refractivity contribution in [1.29, 1.82) is 0 Å². The second-order valence-corrected chi connectivity index (χ2v) is 8.29. The van der Waals surface area contributed by atoms with E-state index < -0.39 is 0 Å². The van der Waals surface area contributed by atoms with Gasteiger partial charge in [0.1, 0.15) is 0 Å². The van der Waals surface area contributed by atoms with Crippen molar-refractivity contribution in [2.45, 2.75) is 20.5 Å². The minimum Gasteiger partial charge on any atom is -0.387 e. The highest BCUT2D eigenvalue weighted by molar-refractivity contribution is 5.98. The van der Waals surface area contributed by atoms with Gasteiger partial charge < -0.3 is 4.84 Å². The number of nitrogens with one attached hydrogen (secondary N) is 1. The van der Waals surface area contributed by atoms with Crippen LogP contribution in [0.4, 0.5) is 0 Å². The smallest absolute Gasteiger partial charge is 0.282 e. The van der Waals surface area contributed by atoms with Crippen molar-refractivity contribution in [3.63, 3.8) is 0 Å². The third-order valence-corrected chi connectivity index (χ3v) is 5.73. The lowest BCUT2D eigenvalue weighted by Gasteiger charge is -2.09. The standard InChI is InChI=1S/C28H24N6O2/c1-19-12-14-22(15-13-19)27-23(16-29-32-27)17-30-34-26(31-25-11-7-6-10-24(25)28(34)35)18-36-33-20(2)21-8-4-3-5-9-21/h3-17H,18H2,1-2H3,(H,29,32)/b30-17-,33-20-. The fraction of sp³-hybridized carbons (Fsp3) is 0.107. The van der Waals surface area contributed by atoms with Crippen LogP contribution in [0.3, 0.4) is 0 Å². The van der Waals surface area contributed by atoms with Gasteiger partial charge in [-0.15, -0.1) is 0 Å². The zero-order chi connectivity index (χ0) is 24.9. The molecule has 1 N–H and O–H groups in total. The van der Waals surface area contributed by atoms with E-state index in [0.29, 0.717) is 16.7 Å². The fourth-order valence-corrected chi connectivity index (χ4v) is 3.77. The Balaban J connectivity index is 1.49. The van der Waals surface area contributed by atoms with Crippen molar-refractivity contribution >= 4 is 22.8 Å². The Morgan fingerprint density at radius 3 is 2.58 bits per heavy atom. The van der Waals surface area contributed by atoms with E-state index in [2.05, 4.69) is 25.4 Å². The molecule has 3 aromatic carbocycles. The number of rotatable bonds is 7. The van der Waals surface area contributed by atoms with Crippen LogP contribution in [0, 0.1) is 6.92 Å². The molecule has 8 heteroatoms. The van der Waals surface area contributed by atoms with Gasteiger partial charge in [0.05, 0.1) is 34.7 Å². The van der Waals surface area contributed by atoms with Crippen LogP contribution in [0.15, 0.2) is 100 Å². The summed E-state index contributed by atoms with van der Waals surface area (Å²) < 4.78 is 1.25. The average molecular weight is 477 g/mol. The summed E-state index contributed by atoms with van der Waals surface area (Å²) in [5.41, 5.74) is 5.62. The summed E-state index contributed by atoms with van der Waals surface area (Å²) in [5.74, 6) is 0.333. The molecular weight excluding hydrogens is 452 g/mol. The minimum absolute atomic E-state index is 0.0300. The molecule has 0 spiro atoms. The van der Waals surface area contributed by atoms with Crippen LogP contribution in [0.25, 0.3) is 22.2 Å². The van der Waals surface area contributed by atoms with E-state index >= 15 is 0 Å². The van der Waals surface area contributed by atoms with E-state index in [1.54, 1.807) is 30.6 Å². The van der Waals surface area contributed by atoms with Gasteiger partial charge in [-0.1, -0.05) is 77.4 Å². The molecule has 0 aliphatic heterocycles. The number of para-hydroxylation sites is 1. The Bertz CT molecular complexity index is 1620. The van der Waals surface area contributed by atoms with E-state index in [4.69, 9.17) is 4.84 Å². The molecule has 178 valence electrons. The lowest BCUT2D eigenvalue weighted by atomic mass is 10.1. The van der Waals surface area contributed by atoms with Crippen molar-refractivity contribution in [2.24, 2.45) is 10.3 Å². The first-order valence-electron chi connectivity index (χ1n) is 11.5. The summed E-state index contributed by atoms with van der Waals surface area (Å²) in [4.78, 5) is 23.5. The van der Waals surface area contributed by atoms with Crippen LogP contribution in [-0.2, 0) is 11.4 Å². The quantitative estimate of drug-likeness (QED) is 0.266. The molecule has 36 heavy (non-hydrogen) atoms. The number of oxime groups is 1. The lowest BCUT2D eigenvalue weighted by Crippen LogP contribution is -2.22. The molecule has 0 bridgehead atoms. The summed E-state index contributed by atoms with van der Waals surface area (Å²) in [6.07, 6.45) is 3.26. The van der Waals surface area contributed by atoms with Crippen LogP contribution >= 0.6 is 0 Å². The second kappa shape index (κ2) is 10.2. The van der Waals surface area contributed by atoms with Gasteiger partial charge in [0.2, 0.25) is 0 Å². The molecule has 0 saturated carbocycles. The molecule has 5 rings (SSSR count). The Morgan fingerprint density at radius 1 is 1.03 bits per heavy atom. The van der Waals surface area contributed by atoms with Crippen molar-refractivity contribution < 1.29 is 4.84 Å². The van der Waals surface area contributed by atoms with Crippen molar-refractivity contribution in [3.05, 3.63) is 118 Å². The molecule has 0 atom stereocenters. The molecule has 8 nitrogen and oxygen atoms in total. The second-order valence-electron chi connectivity index (χ2n) is 8.29. The topological polar surface area (TPSA) is 97.5 Å². The van der Waals surface area contributed by atoms with Crippen molar-refractivity contribution in [3.8, 4) is 11.3 Å². The summed E-state index contributed by atoms with van der Waals surface area (Å²) in [5, 5.41) is 16.3. The Labute approximate surface area is 207 Å². The highest BCUT2D eigenvalue weighted by atomic mass is 16.6. The average Bonchev–Trinajstić information content (AvgIpc) is 3.38. The van der Waals surface area contributed by atoms with Crippen molar-refractivity contribution in [2.75, 3.05) is 0 Å². The molecule has 0 amide bonds. The summed E-state index contributed by atoms with van der Waals surface area (Å²) in [7, 11) is 0. The number of fused-ring (bicyclic) bond motifs is 1. The number of aryl methyl sites for hydroxylation is 1. The first-order valence-corrected chi connectivity index (χ1v) is 11.5. The maximum absolute atomic E-state index is 13.3. The number of H-pyrrole nitrogens is 1. The first kappa shape index (κ1) is 22.9. The molecule has 0 aliphatic rings. The summed E-state index contributed by atoms with van der Waals surface area (Å²) >= 11 is 0. The van der Waals surface area contributed by atoms with Gasteiger partial charge in [-0.05, 0) is 31.5 Å². The number of aromatic amines is 1. The Kier molecular flexibility index (Phi) is 6.48. The van der Waals surface area contributed by atoms with Crippen LogP contribution in [-0.4, -0.2) is 31.8 Å². The third-order valence-electron chi connectivity index (χ3n) is 5.73. The van der Waals surface area contributed by atoms with Crippen LogP contribution < -0.4 is 5.56 Å². The lowest BCUT2D eigenvalue weighted by molar-refractivity contribution is 0.122. The number of nitrogens with zero attached hydrogens (tertiary/aromatic N) is 5. The number of hydrogen-bond acceptors (Lipinski definition) is 6. The largest absolute Gasteiger partial charge is 0.387 e. The van der Waals surface area contributed by atoms with Gasteiger partial charge in [0.15, 0.2) is 12.4 Å². The van der Waals surface area contributed by atoms with Gasteiger partial charge in [0.25, 0.3) is 5.56 Å².